The highest BCUT2D eigenvalue weighted by Gasteiger charge is 2.28. The molecule has 2 aliphatic rings. The van der Waals surface area contributed by atoms with E-state index < -0.39 is 29.6 Å². The molecule has 82 heavy (non-hydrogen) atoms. The van der Waals surface area contributed by atoms with Crippen molar-refractivity contribution >= 4 is 110 Å². The molecule has 0 heterocycles. The van der Waals surface area contributed by atoms with Gasteiger partial charge in [0.2, 0.25) is 0 Å². The topological polar surface area (TPSA) is 159 Å². The van der Waals surface area contributed by atoms with Gasteiger partial charge in [0.1, 0.15) is 17.4 Å². The van der Waals surface area contributed by atoms with Crippen LogP contribution in [0.3, 0.4) is 0 Å². The molecule has 4 N–H and O–H groups in total. The Morgan fingerprint density at radius 2 is 1.04 bits per heavy atom. The summed E-state index contributed by atoms with van der Waals surface area (Å²) in [5, 5.41) is 14.3. The zero-order valence-electron chi connectivity index (χ0n) is 47.7. The van der Waals surface area contributed by atoms with Crippen molar-refractivity contribution in [2.24, 2.45) is 11.8 Å². The zero-order chi connectivity index (χ0) is 59.8. The Bertz CT molecular complexity index is 3210. The summed E-state index contributed by atoms with van der Waals surface area (Å²) in [5.74, 6) is -0.481. The lowest BCUT2D eigenvalue weighted by Gasteiger charge is -2.38. The van der Waals surface area contributed by atoms with Crippen molar-refractivity contribution in [3.8, 4) is 34.3 Å². The van der Waals surface area contributed by atoms with Crippen molar-refractivity contribution in [2.45, 2.75) is 118 Å². The summed E-state index contributed by atoms with van der Waals surface area (Å²) in [6.07, 6.45) is 13.5. The van der Waals surface area contributed by atoms with E-state index in [4.69, 9.17) is 20.5 Å². The predicted molar refractivity (Wildman–Crippen MR) is 341 cm³/mol. The maximum absolute atomic E-state index is 14.4. The molecule has 2 aliphatic carbocycles. The summed E-state index contributed by atoms with van der Waals surface area (Å²) in [5.41, 5.74) is 15.1. The van der Waals surface area contributed by atoms with Gasteiger partial charge in [-0.1, -0.05) is 142 Å². The van der Waals surface area contributed by atoms with E-state index in [1.807, 2.05) is 62.4 Å². The van der Waals surface area contributed by atoms with Crippen LogP contribution < -0.4 is 30.9 Å². The van der Waals surface area contributed by atoms with Crippen molar-refractivity contribution in [3.05, 3.63) is 149 Å². The van der Waals surface area contributed by atoms with Gasteiger partial charge in [0.25, 0.3) is 6.26 Å². The Morgan fingerprint density at radius 1 is 0.610 bits per heavy atom. The second-order valence-electron chi connectivity index (χ2n) is 21.4. The molecule has 6 aromatic rings. The van der Waals surface area contributed by atoms with Crippen LogP contribution in [0.1, 0.15) is 124 Å². The number of carbonyl (C=O) groups is 3. The molecule has 8 rings (SSSR count). The molecular formula is C64H72Br4F2N6O6. The van der Waals surface area contributed by atoms with Crippen molar-refractivity contribution in [1.82, 2.24) is 0 Å². The number of nitrogens with zero attached hydrogens (tertiary/aromatic N) is 3. The number of ether oxygens (including phenoxy) is 3. The summed E-state index contributed by atoms with van der Waals surface area (Å²) < 4.78 is 46.3. The number of amides is 2. The monoisotopic (exact) mass is 1370 g/mol. The van der Waals surface area contributed by atoms with E-state index in [1.165, 1.54) is 102 Å². The second kappa shape index (κ2) is 31.1. The fourth-order valence-corrected chi connectivity index (χ4v) is 12.7. The van der Waals surface area contributed by atoms with E-state index in [1.54, 1.807) is 18.4 Å². The minimum Gasteiger partial charge on any atom is -0.465 e. The van der Waals surface area contributed by atoms with Crippen LogP contribution in [-0.4, -0.2) is 57.4 Å². The molecule has 0 spiro atoms. The SMILES string of the molecule is COC(=O)c1ccc(F)cc1-c1ccc(N(CC(C)C)C2CCCCC2)c(N)c1.COC(=O)c1ccc(F)cc1-c1ccc(N(CC(C)C)C2CCCCC2)c(NC(=O)Nc2cc(Br)c(C)c(Br)c2)c1.Cc1c(Br)cc(OC#N)cc1Br. The molecule has 436 valence electrons. The Hall–Kier alpha value is -6.00. The largest absolute Gasteiger partial charge is 0.465 e. The van der Waals surface area contributed by atoms with E-state index in [0.29, 0.717) is 74.5 Å². The van der Waals surface area contributed by atoms with Crippen molar-refractivity contribution in [1.29, 1.82) is 5.26 Å². The number of hydrogen-bond donors (Lipinski definition) is 3. The maximum Gasteiger partial charge on any atom is 0.338 e. The van der Waals surface area contributed by atoms with Crippen LogP contribution in [0.4, 0.5) is 42.0 Å². The number of hydrogen-bond acceptors (Lipinski definition) is 10. The van der Waals surface area contributed by atoms with Gasteiger partial charge in [0.15, 0.2) is 0 Å². The lowest BCUT2D eigenvalue weighted by Crippen LogP contribution is -2.40. The number of nitrogens with one attached hydrogen (secondary N) is 2. The lowest BCUT2D eigenvalue weighted by molar-refractivity contribution is 0.0592. The molecule has 0 bridgehead atoms. The quantitative estimate of drug-likeness (QED) is 0.0513. The minimum absolute atomic E-state index is 0.248. The van der Waals surface area contributed by atoms with Gasteiger partial charge in [0, 0.05) is 48.8 Å². The van der Waals surface area contributed by atoms with E-state index in [9.17, 15) is 23.2 Å². The van der Waals surface area contributed by atoms with Crippen LogP contribution in [0, 0.1) is 48.8 Å². The number of nitrogens with two attached hydrogens (primary N) is 1. The number of urea groups is 1. The van der Waals surface area contributed by atoms with Crippen LogP contribution in [0.5, 0.6) is 5.75 Å². The zero-order valence-corrected chi connectivity index (χ0v) is 54.0. The van der Waals surface area contributed by atoms with Gasteiger partial charge < -0.3 is 40.4 Å². The van der Waals surface area contributed by atoms with Crippen LogP contribution >= 0.6 is 63.7 Å². The number of nitriles is 1. The van der Waals surface area contributed by atoms with Gasteiger partial charge in [-0.15, -0.1) is 5.26 Å². The normalized spacial score (nSPS) is 13.4. The third kappa shape index (κ3) is 17.8. The van der Waals surface area contributed by atoms with Crippen molar-refractivity contribution < 1.29 is 37.4 Å². The minimum atomic E-state index is -0.560. The second-order valence-corrected chi connectivity index (χ2v) is 24.8. The van der Waals surface area contributed by atoms with E-state index in [-0.39, 0.29) is 5.56 Å². The maximum atomic E-state index is 14.4. The first kappa shape index (κ1) is 65.2. The molecule has 0 unspecified atom stereocenters. The van der Waals surface area contributed by atoms with E-state index >= 15 is 0 Å². The molecule has 12 nitrogen and oxygen atoms in total. The van der Waals surface area contributed by atoms with Gasteiger partial charge in [0.05, 0.1) is 48.1 Å². The number of halogens is 6. The third-order valence-electron chi connectivity index (χ3n) is 14.4. The number of benzene rings is 6. The first-order chi connectivity index (χ1) is 39.1. The Morgan fingerprint density at radius 3 is 1.46 bits per heavy atom. The fourth-order valence-electron chi connectivity index (χ4n) is 10.3. The molecule has 0 radical (unpaired) electrons. The summed E-state index contributed by atoms with van der Waals surface area (Å²) in [7, 11) is 2.62. The Balaban J connectivity index is 0.000000227. The number of rotatable bonds is 15. The summed E-state index contributed by atoms with van der Waals surface area (Å²) in [6, 6.07) is 27.1. The highest BCUT2D eigenvalue weighted by molar-refractivity contribution is 9.11. The molecule has 0 aromatic heterocycles. The molecule has 2 fully saturated rings. The number of nitrogen functional groups attached to an aromatic ring is 1. The fraction of sp³-hybridized carbons (Fsp3) is 0.375. The molecule has 6 aromatic carbocycles. The highest BCUT2D eigenvalue weighted by Crippen LogP contribution is 2.40. The molecule has 0 atom stereocenters. The van der Waals surface area contributed by atoms with Gasteiger partial charge in [-0.3, -0.25) is 0 Å². The number of carbonyl (C=O) groups excluding carboxylic acids is 3. The van der Waals surface area contributed by atoms with Crippen LogP contribution in [-0.2, 0) is 9.47 Å². The highest BCUT2D eigenvalue weighted by atomic mass is 79.9. The van der Waals surface area contributed by atoms with Gasteiger partial charge >= 0.3 is 18.0 Å². The first-order valence-corrected chi connectivity index (χ1v) is 30.7. The van der Waals surface area contributed by atoms with Crippen LogP contribution in [0.25, 0.3) is 22.3 Å². The molecule has 18 heteroatoms. The predicted octanol–water partition coefficient (Wildman–Crippen LogP) is 18.6. The number of anilines is 5. The lowest BCUT2D eigenvalue weighted by atomic mass is 9.92. The Labute approximate surface area is 515 Å². The average molecular weight is 1380 g/mol. The van der Waals surface area contributed by atoms with E-state index in [2.05, 4.69) is 117 Å². The molecule has 2 amide bonds. The molecule has 0 aliphatic heterocycles. The van der Waals surface area contributed by atoms with Gasteiger partial charge in [-0.2, -0.15) is 0 Å². The average Bonchev–Trinajstić information content (AvgIpc) is 3.65. The van der Waals surface area contributed by atoms with E-state index in [0.717, 1.165) is 66.3 Å². The van der Waals surface area contributed by atoms with Gasteiger partial charge in [-0.05, 0) is 170 Å². The number of esters is 2. The van der Waals surface area contributed by atoms with Crippen LogP contribution in [0.15, 0.2) is 115 Å². The number of methoxy groups -OCH3 is 2. The van der Waals surface area contributed by atoms with Crippen molar-refractivity contribution in [3.63, 3.8) is 0 Å². The van der Waals surface area contributed by atoms with Crippen LogP contribution in [0.2, 0.25) is 0 Å². The summed E-state index contributed by atoms with van der Waals surface area (Å²) in [6.45, 7) is 14.5. The Kier molecular flexibility index (Phi) is 24.7. The molecule has 2 saturated carbocycles. The summed E-state index contributed by atoms with van der Waals surface area (Å²) >= 11 is 13.8. The molecule has 0 saturated heterocycles. The standard InChI is InChI=1S/C32H36Br2FN3O3.C24H31FN2O2.C8H5Br2NO/c1-19(2)18-38(24-8-6-5-7-9-24)30-13-10-21(26-15-22(35)11-12-25(26)31(39)41-4)14-29(30)37-32(40)36-23-16-27(33)20(3)28(34)17-23;1-16(2)15-27(19-7-5-4-6-8-19)23-12-9-17(13-22(23)26)21-14-18(25)10-11-20(21)24(28)29-3;1-5-7(9)2-6(12-4-11)3-8(5)10/h10-17,19,24H,5-9,18H2,1-4H3,(H2,36,37,40);9-14,16,19H,4-8,15,26H2,1-3H3;2-3H,1H3. The summed E-state index contributed by atoms with van der Waals surface area (Å²) in [4.78, 5) is 42.9. The third-order valence-corrected chi connectivity index (χ3v) is 17.7. The van der Waals surface area contributed by atoms with Crippen molar-refractivity contribution in [2.75, 3.05) is 53.5 Å². The molecular weight excluding hydrogens is 1310 g/mol. The smallest absolute Gasteiger partial charge is 0.338 e. The first-order valence-electron chi connectivity index (χ1n) is 27.5. The van der Waals surface area contributed by atoms with Gasteiger partial charge in [-0.25, -0.2) is 23.2 Å².